The number of nitrogens with zero attached hydrogens (tertiary/aromatic N) is 1. The summed E-state index contributed by atoms with van der Waals surface area (Å²) in [4.78, 5) is 6.12. The molecular formula is C23H28N2. The van der Waals surface area contributed by atoms with Gasteiger partial charge in [0, 0.05) is 29.7 Å². The zero-order valence-electron chi connectivity index (χ0n) is 15.5. The van der Waals surface area contributed by atoms with Gasteiger partial charge in [0.1, 0.15) is 0 Å². The molecule has 2 heterocycles. The van der Waals surface area contributed by atoms with Crippen molar-refractivity contribution < 1.29 is 0 Å². The zero-order chi connectivity index (χ0) is 17.4. The Hall–Kier alpha value is -2.06. The van der Waals surface area contributed by atoms with E-state index in [1.54, 1.807) is 0 Å². The molecule has 130 valence electrons. The summed E-state index contributed by atoms with van der Waals surface area (Å²) in [7, 11) is 0. The first-order chi connectivity index (χ1) is 12.1. The van der Waals surface area contributed by atoms with Crippen molar-refractivity contribution in [1.29, 1.82) is 0 Å². The van der Waals surface area contributed by atoms with Crippen LogP contribution in [-0.4, -0.2) is 16.4 Å². The molecule has 1 N–H and O–H groups in total. The third-order valence-corrected chi connectivity index (χ3v) is 5.90. The Labute approximate surface area is 150 Å². The number of hydrogen-bond donors (Lipinski definition) is 1. The van der Waals surface area contributed by atoms with Crippen molar-refractivity contribution in [2.75, 3.05) is 6.54 Å². The van der Waals surface area contributed by atoms with Crippen LogP contribution in [0.1, 0.15) is 48.1 Å². The molecule has 1 aromatic heterocycles. The highest BCUT2D eigenvalue weighted by atomic mass is 15.2. The van der Waals surface area contributed by atoms with Gasteiger partial charge in [0.05, 0.1) is 0 Å². The van der Waals surface area contributed by atoms with Crippen LogP contribution in [0.15, 0.2) is 48.7 Å². The topological polar surface area (TPSA) is 19.0 Å². The van der Waals surface area contributed by atoms with E-state index in [1.165, 1.54) is 52.5 Å². The van der Waals surface area contributed by atoms with Gasteiger partial charge in [-0.2, -0.15) is 0 Å². The van der Waals surface area contributed by atoms with Crippen LogP contribution in [0.4, 0.5) is 0 Å². The second-order valence-electron chi connectivity index (χ2n) is 7.78. The van der Waals surface area contributed by atoms with Crippen LogP contribution in [0.3, 0.4) is 0 Å². The summed E-state index contributed by atoms with van der Waals surface area (Å²) in [6, 6.07) is 16.2. The van der Waals surface area contributed by atoms with E-state index in [0.717, 1.165) is 12.5 Å². The van der Waals surface area contributed by atoms with Crippen molar-refractivity contribution in [2.45, 2.75) is 46.2 Å². The van der Waals surface area contributed by atoms with Crippen molar-refractivity contribution >= 4 is 10.9 Å². The molecule has 1 aliphatic heterocycles. The third-order valence-electron chi connectivity index (χ3n) is 5.90. The highest BCUT2D eigenvalue weighted by molar-refractivity contribution is 5.86. The fourth-order valence-corrected chi connectivity index (χ4v) is 4.46. The summed E-state index contributed by atoms with van der Waals surface area (Å²) in [5.74, 6) is 0.799. The highest BCUT2D eigenvalue weighted by Crippen LogP contribution is 2.36. The quantitative estimate of drug-likeness (QED) is 0.646. The van der Waals surface area contributed by atoms with Crippen LogP contribution in [0.5, 0.6) is 0 Å². The summed E-state index contributed by atoms with van der Waals surface area (Å²) in [5.41, 5.74) is 6.99. The Kier molecular flexibility index (Phi) is 4.39. The molecule has 2 heteroatoms. The lowest BCUT2D eigenvalue weighted by molar-refractivity contribution is 0.110. The van der Waals surface area contributed by atoms with Gasteiger partial charge in [-0.05, 0) is 67.5 Å². The number of H-pyrrole nitrogens is 1. The Morgan fingerprint density at radius 1 is 1.08 bits per heavy atom. The minimum atomic E-state index is 0.527. The molecule has 0 spiro atoms. The molecular weight excluding hydrogens is 304 g/mol. The number of aryl methyl sites for hydroxylation is 2. The van der Waals surface area contributed by atoms with E-state index in [4.69, 9.17) is 0 Å². The number of fused-ring (bicyclic) bond motifs is 1. The molecule has 3 aromatic rings. The van der Waals surface area contributed by atoms with Crippen LogP contribution in [0.2, 0.25) is 0 Å². The van der Waals surface area contributed by atoms with E-state index in [0.29, 0.717) is 6.04 Å². The number of hydrogen-bond acceptors (Lipinski definition) is 1. The fourth-order valence-electron chi connectivity index (χ4n) is 4.46. The Morgan fingerprint density at radius 3 is 2.68 bits per heavy atom. The van der Waals surface area contributed by atoms with E-state index in [1.807, 2.05) is 0 Å². The van der Waals surface area contributed by atoms with Crippen LogP contribution < -0.4 is 0 Å². The van der Waals surface area contributed by atoms with Gasteiger partial charge in [-0.15, -0.1) is 0 Å². The largest absolute Gasteiger partial charge is 0.361 e. The van der Waals surface area contributed by atoms with E-state index >= 15 is 0 Å². The summed E-state index contributed by atoms with van der Waals surface area (Å²) in [6.45, 7) is 9.07. The lowest BCUT2D eigenvalue weighted by atomic mass is 9.87. The van der Waals surface area contributed by atoms with Gasteiger partial charge in [0.2, 0.25) is 0 Å². The van der Waals surface area contributed by atoms with Gasteiger partial charge in [0.15, 0.2) is 0 Å². The molecule has 25 heavy (non-hydrogen) atoms. The minimum absolute atomic E-state index is 0.527. The van der Waals surface area contributed by atoms with Crippen LogP contribution in [0, 0.1) is 19.8 Å². The van der Waals surface area contributed by atoms with Gasteiger partial charge < -0.3 is 4.98 Å². The Balaban J connectivity index is 1.70. The summed E-state index contributed by atoms with van der Waals surface area (Å²) in [5, 5.41) is 1.39. The standard InChI is InChI=1S/C23H28N2/c1-16-10-12-25(22(13-16)19-7-5-4-6-8-19)15-21-17(2)14-18(3)23-20(21)9-11-24-23/h4-9,11,14,16,22,24H,10,12-13,15H2,1-3H3. The van der Waals surface area contributed by atoms with E-state index < -0.39 is 0 Å². The predicted octanol–water partition coefficient (Wildman–Crippen LogP) is 5.76. The lowest BCUT2D eigenvalue weighted by Crippen LogP contribution is -2.36. The number of likely N-dealkylation sites (tertiary alicyclic amines) is 1. The monoisotopic (exact) mass is 332 g/mol. The van der Waals surface area contributed by atoms with Crippen molar-refractivity contribution in [3.05, 3.63) is 70.9 Å². The predicted molar refractivity (Wildman–Crippen MR) is 106 cm³/mol. The maximum absolute atomic E-state index is 3.42. The average molecular weight is 332 g/mol. The molecule has 2 aromatic carbocycles. The first kappa shape index (κ1) is 16.4. The molecule has 2 unspecified atom stereocenters. The summed E-state index contributed by atoms with van der Waals surface area (Å²) < 4.78 is 0. The highest BCUT2D eigenvalue weighted by Gasteiger charge is 2.28. The molecule has 2 atom stereocenters. The van der Waals surface area contributed by atoms with Gasteiger partial charge >= 0.3 is 0 Å². The Bertz CT molecular complexity index is 862. The normalized spacial score (nSPS) is 21.7. The van der Waals surface area contributed by atoms with E-state index in [-0.39, 0.29) is 0 Å². The summed E-state index contributed by atoms with van der Waals surface area (Å²) in [6.07, 6.45) is 4.63. The molecule has 0 amide bonds. The van der Waals surface area contributed by atoms with E-state index in [2.05, 4.69) is 79.3 Å². The number of benzene rings is 2. The number of rotatable bonds is 3. The maximum atomic E-state index is 3.42. The number of nitrogens with one attached hydrogen (secondary N) is 1. The minimum Gasteiger partial charge on any atom is -0.361 e. The third kappa shape index (κ3) is 3.11. The smallest absolute Gasteiger partial charge is 0.0487 e. The molecule has 1 saturated heterocycles. The molecule has 0 radical (unpaired) electrons. The Morgan fingerprint density at radius 2 is 1.88 bits per heavy atom. The van der Waals surface area contributed by atoms with Gasteiger partial charge in [-0.3, -0.25) is 4.90 Å². The molecule has 2 nitrogen and oxygen atoms in total. The second-order valence-corrected chi connectivity index (χ2v) is 7.78. The first-order valence-electron chi connectivity index (χ1n) is 9.48. The molecule has 0 aliphatic carbocycles. The number of aromatic nitrogens is 1. The maximum Gasteiger partial charge on any atom is 0.0487 e. The summed E-state index contributed by atoms with van der Waals surface area (Å²) >= 11 is 0. The molecule has 0 saturated carbocycles. The van der Waals surface area contributed by atoms with Crippen LogP contribution in [-0.2, 0) is 6.54 Å². The number of aromatic amines is 1. The molecule has 1 aliphatic rings. The molecule has 0 bridgehead atoms. The van der Waals surface area contributed by atoms with E-state index in [9.17, 15) is 0 Å². The first-order valence-corrected chi connectivity index (χ1v) is 9.48. The van der Waals surface area contributed by atoms with Crippen molar-refractivity contribution in [3.63, 3.8) is 0 Å². The van der Waals surface area contributed by atoms with Crippen molar-refractivity contribution in [1.82, 2.24) is 9.88 Å². The van der Waals surface area contributed by atoms with Crippen molar-refractivity contribution in [3.8, 4) is 0 Å². The molecule has 4 rings (SSSR count). The van der Waals surface area contributed by atoms with Crippen molar-refractivity contribution in [2.24, 2.45) is 5.92 Å². The molecule has 1 fully saturated rings. The van der Waals surface area contributed by atoms with Gasteiger partial charge in [-0.1, -0.05) is 43.3 Å². The number of piperidine rings is 1. The SMILES string of the molecule is Cc1cc(C)c2[nH]ccc2c1CN1CCC(C)CC1c1ccccc1. The van der Waals surface area contributed by atoms with Crippen LogP contribution >= 0.6 is 0 Å². The second kappa shape index (κ2) is 6.68. The zero-order valence-corrected chi connectivity index (χ0v) is 15.5. The van der Waals surface area contributed by atoms with Gasteiger partial charge in [0.25, 0.3) is 0 Å². The lowest BCUT2D eigenvalue weighted by Gasteiger charge is -2.39. The van der Waals surface area contributed by atoms with Gasteiger partial charge in [-0.25, -0.2) is 0 Å². The van der Waals surface area contributed by atoms with Crippen LogP contribution in [0.25, 0.3) is 10.9 Å². The fraction of sp³-hybridized carbons (Fsp3) is 0.391. The average Bonchev–Trinajstić information content (AvgIpc) is 3.10.